The first-order valence-electron chi connectivity index (χ1n) is 11.7. The van der Waals surface area contributed by atoms with Crippen LogP contribution in [-0.4, -0.2) is 44.2 Å². The van der Waals surface area contributed by atoms with Gasteiger partial charge in [0.05, 0.1) is 11.7 Å². The summed E-state index contributed by atoms with van der Waals surface area (Å²) in [6.45, 7) is 7.43. The normalized spacial score (nSPS) is 19.7. The van der Waals surface area contributed by atoms with Gasteiger partial charge in [-0.3, -0.25) is 9.59 Å². The minimum Gasteiger partial charge on any atom is -0.376 e. The van der Waals surface area contributed by atoms with Crippen LogP contribution >= 0.6 is 0 Å². The molecule has 2 N–H and O–H groups in total. The molecule has 0 spiro atoms. The standard InChI is InChI=1S/C24H37N3O3/c1-3-5-9-18(4-2)23(28)26-19-11-12-22(27-13-6-7-14-27)21(16-19)24(29)25-17-20-10-8-15-30-20/h11-12,16,18,20H,3-10,13-15,17H2,1-2H3,(H,25,29)(H,26,28)/t18-,20+/m1/s1. The SMILES string of the molecule is CCCC[C@@H](CC)C(=O)Nc1ccc(N2CCCC2)c(C(=O)NC[C@@H]2CCCO2)c1. The predicted molar refractivity (Wildman–Crippen MR) is 121 cm³/mol. The van der Waals surface area contributed by atoms with Gasteiger partial charge in [0.2, 0.25) is 5.91 Å². The number of hydrogen-bond donors (Lipinski definition) is 2. The Kier molecular flexibility index (Phi) is 8.55. The van der Waals surface area contributed by atoms with E-state index >= 15 is 0 Å². The molecule has 2 aliphatic rings. The van der Waals surface area contributed by atoms with E-state index in [1.807, 2.05) is 18.2 Å². The number of hydrogen-bond acceptors (Lipinski definition) is 4. The number of anilines is 2. The Balaban J connectivity index is 1.73. The van der Waals surface area contributed by atoms with Crippen LogP contribution in [0.2, 0.25) is 0 Å². The minimum atomic E-state index is -0.0958. The van der Waals surface area contributed by atoms with Crippen LogP contribution in [0.1, 0.15) is 75.6 Å². The molecular weight excluding hydrogens is 378 g/mol. The highest BCUT2D eigenvalue weighted by molar-refractivity contribution is 6.02. The molecule has 1 aromatic rings. The van der Waals surface area contributed by atoms with E-state index in [-0.39, 0.29) is 23.8 Å². The van der Waals surface area contributed by atoms with E-state index in [2.05, 4.69) is 29.4 Å². The molecule has 0 aromatic heterocycles. The number of nitrogens with one attached hydrogen (secondary N) is 2. The fourth-order valence-electron chi connectivity index (χ4n) is 4.35. The summed E-state index contributed by atoms with van der Waals surface area (Å²) in [4.78, 5) is 28.0. The van der Waals surface area contributed by atoms with E-state index in [1.165, 1.54) is 0 Å². The molecule has 6 nitrogen and oxygen atoms in total. The number of benzene rings is 1. The van der Waals surface area contributed by atoms with Gasteiger partial charge in [0, 0.05) is 43.5 Å². The van der Waals surface area contributed by atoms with Gasteiger partial charge in [0.1, 0.15) is 0 Å². The maximum Gasteiger partial charge on any atom is 0.253 e. The minimum absolute atomic E-state index is 0.0139. The molecule has 30 heavy (non-hydrogen) atoms. The van der Waals surface area contributed by atoms with Crippen LogP contribution in [0.4, 0.5) is 11.4 Å². The summed E-state index contributed by atoms with van der Waals surface area (Å²) in [6.07, 6.45) is 8.31. The number of nitrogens with zero attached hydrogens (tertiary/aromatic N) is 1. The van der Waals surface area contributed by atoms with E-state index in [4.69, 9.17) is 4.74 Å². The smallest absolute Gasteiger partial charge is 0.253 e. The van der Waals surface area contributed by atoms with Crippen LogP contribution in [0.15, 0.2) is 18.2 Å². The average Bonchev–Trinajstić information content (AvgIpc) is 3.47. The number of amides is 2. The first-order valence-corrected chi connectivity index (χ1v) is 11.7. The Hall–Kier alpha value is -2.08. The zero-order valence-corrected chi connectivity index (χ0v) is 18.5. The van der Waals surface area contributed by atoms with Crippen molar-refractivity contribution in [1.29, 1.82) is 0 Å². The molecule has 2 amide bonds. The zero-order chi connectivity index (χ0) is 21.3. The van der Waals surface area contributed by atoms with Crippen molar-refractivity contribution in [1.82, 2.24) is 5.32 Å². The first-order chi connectivity index (χ1) is 14.6. The molecule has 0 radical (unpaired) electrons. The summed E-state index contributed by atoms with van der Waals surface area (Å²) in [5.74, 6) is -0.0351. The average molecular weight is 416 g/mol. The van der Waals surface area contributed by atoms with Crippen molar-refractivity contribution in [3.8, 4) is 0 Å². The largest absolute Gasteiger partial charge is 0.376 e. The Bertz CT molecular complexity index is 710. The second kappa shape index (κ2) is 11.3. The third-order valence-corrected chi connectivity index (χ3v) is 6.24. The highest BCUT2D eigenvalue weighted by Gasteiger charge is 2.23. The number of unbranched alkanes of at least 4 members (excludes halogenated alkanes) is 1. The molecule has 2 atom stereocenters. The Morgan fingerprint density at radius 3 is 2.67 bits per heavy atom. The van der Waals surface area contributed by atoms with E-state index < -0.39 is 0 Å². The zero-order valence-electron chi connectivity index (χ0n) is 18.5. The summed E-state index contributed by atoms with van der Waals surface area (Å²) < 4.78 is 5.63. The van der Waals surface area contributed by atoms with Crippen LogP contribution in [0.5, 0.6) is 0 Å². The summed E-state index contributed by atoms with van der Waals surface area (Å²) in [5.41, 5.74) is 2.28. The third-order valence-electron chi connectivity index (χ3n) is 6.24. The van der Waals surface area contributed by atoms with Gasteiger partial charge in [-0.1, -0.05) is 26.7 Å². The van der Waals surface area contributed by atoms with Gasteiger partial charge in [-0.25, -0.2) is 0 Å². The highest BCUT2D eigenvalue weighted by atomic mass is 16.5. The number of carbonyl (C=O) groups excluding carboxylic acids is 2. The Morgan fingerprint density at radius 2 is 2.00 bits per heavy atom. The number of carbonyl (C=O) groups is 2. The number of rotatable bonds is 10. The molecule has 6 heteroatoms. The fourth-order valence-corrected chi connectivity index (χ4v) is 4.35. The summed E-state index contributed by atoms with van der Waals surface area (Å²) >= 11 is 0. The van der Waals surface area contributed by atoms with Gasteiger partial charge in [-0.15, -0.1) is 0 Å². The molecule has 3 rings (SSSR count). The fraction of sp³-hybridized carbons (Fsp3) is 0.667. The van der Waals surface area contributed by atoms with Crippen LogP contribution in [-0.2, 0) is 9.53 Å². The van der Waals surface area contributed by atoms with Crippen molar-refractivity contribution in [2.75, 3.05) is 36.5 Å². The second-order valence-corrected chi connectivity index (χ2v) is 8.51. The lowest BCUT2D eigenvalue weighted by molar-refractivity contribution is -0.120. The van der Waals surface area contributed by atoms with E-state index in [0.717, 1.165) is 76.8 Å². The lowest BCUT2D eigenvalue weighted by atomic mass is 9.98. The van der Waals surface area contributed by atoms with Crippen molar-refractivity contribution >= 4 is 23.2 Å². The molecule has 0 unspecified atom stereocenters. The van der Waals surface area contributed by atoms with Gasteiger partial charge >= 0.3 is 0 Å². The summed E-state index contributed by atoms with van der Waals surface area (Å²) in [6, 6.07) is 5.74. The molecule has 0 bridgehead atoms. The summed E-state index contributed by atoms with van der Waals surface area (Å²) in [7, 11) is 0. The molecular formula is C24H37N3O3. The monoisotopic (exact) mass is 415 g/mol. The predicted octanol–water partition coefficient (Wildman–Crippen LogP) is 4.35. The van der Waals surface area contributed by atoms with Gasteiger partial charge in [0.25, 0.3) is 5.91 Å². The van der Waals surface area contributed by atoms with E-state index in [1.54, 1.807) is 0 Å². The van der Waals surface area contributed by atoms with Gasteiger partial charge in [0.15, 0.2) is 0 Å². The topological polar surface area (TPSA) is 70.7 Å². The maximum absolute atomic E-state index is 13.0. The lowest BCUT2D eigenvalue weighted by Gasteiger charge is -2.23. The molecule has 2 fully saturated rings. The van der Waals surface area contributed by atoms with Crippen molar-refractivity contribution in [3.05, 3.63) is 23.8 Å². The molecule has 2 aliphatic heterocycles. The van der Waals surface area contributed by atoms with Crippen LogP contribution in [0.3, 0.4) is 0 Å². The van der Waals surface area contributed by atoms with E-state index in [0.29, 0.717) is 17.8 Å². The Labute approximate surface area is 180 Å². The maximum atomic E-state index is 13.0. The van der Waals surface area contributed by atoms with Crippen LogP contribution in [0.25, 0.3) is 0 Å². The molecule has 1 aromatic carbocycles. The van der Waals surface area contributed by atoms with Gasteiger partial charge in [-0.2, -0.15) is 0 Å². The third kappa shape index (κ3) is 5.97. The first kappa shape index (κ1) is 22.6. The molecule has 0 aliphatic carbocycles. The molecule has 0 saturated carbocycles. The van der Waals surface area contributed by atoms with Crippen molar-refractivity contribution in [2.45, 2.75) is 71.3 Å². The van der Waals surface area contributed by atoms with Crippen molar-refractivity contribution in [2.24, 2.45) is 5.92 Å². The highest BCUT2D eigenvalue weighted by Crippen LogP contribution is 2.28. The van der Waals surface area contributed by atoms with Crippen molar-refractivity contribution in [3.63, 3.8) is 0 Å². The van der Waals surface area contributed by atoms with Gasteiger partial charge < -0.3 is 20.3 Å². The van der Waals surface area contributed by atoms with Gasteiger partial charge in [-0.05, 0) is 56.7 Å². The van der Waals surface area contributed by atoms with E-state index in [9.17, 15) is 9.59 Å². The van der Waals surface area contributed by atoms with Crippen LogP contribution < -0.4 is 15.5 Å². The quantitative estimate of drug-likeness (QED) is 0.596. The molecule has 166 valence electrons. The second-order valence-electron chi connectivity index (χ2n) is 8.51. The van der Waals surface area contributed by atoms with Crippen LogP contribution in [0, 0.1) is 5.92 Å². The number of ether oxygens (including phenoxy) is 1. The van der Waals surface area contributed by atoms with Crippen molar-refractivity contribution < 1.29 is 14.3 Å². The molecule has 2 heterocycles. The lowest BCUT2D eigenvalue weighted by Crippen LogP contribution is -2.33. The molecule has 2 saturated heterocycles. The summed E-state index contributed by atoms with van der Waals surface area (Å²) in [5, 5.41) is 6.09. The Morgan fingerprint density at radius 1 is 1.20 bits per heavy atom.